The van der Waals surface area contributed by atoms with Crippen molar-refractivity contribution in [1.82, 2.24) is 0 Å². The third-order valence-corrected chi connectivity index (χ3v) is 3.01. The van der Waals surface area contributed by atoms with Crippen LogP contribution in [0, 0.1) is 0 Å². The Kier molecular flexibility index (Phi) is 3.82. The molecule has 1 aliphatic rings. The molecule has 0 atom stereocenters. The molecule has 1 aromatic rings. The van der Waals surface area contributed by atoms with Crippen molar-refractivity contribution in [3.63, 3.8) is 0 Å². The van der Waals surface area contributed by atoms with Crippen LogP contribution < -0.4 is 10.5 Å². The van der Waals surface area contributed by atoms with E-state index >= 15 is 0 Å². The Hall–Kier alpha value is -2.04. The second kappa shape index (κ2) is 5.53. The third kappa shape index (κ3) is 2.61. The molecule has 0 bridgehead atoms. The standard InChI is InChI=1S/C13H16N2O3/c14-13(16)7-8-18-12-6-2-3-9-10(12)4-1-5-11(9)15-17/h2-3,6,17H,1,4-5,7-8H2,(H2,14,16). The lowest BCUT2D eigenvalue weighted by Crippen LogP contribution is -2.17. The molecule has 5 heteroatoms. The molecule has 0 fully saturated rings. The molecule has 18 heavy (non-hydrogen) atoms. The fraction of sp³-hybridized carbons (Fsp3) is 0.385. The largest absolute Gasteiger partial charge is 0.493 e. The molecule has 0 spiro atoms. The highest BCUT2D eigenvalue weighted by molar-refractivity contribution is 6.02. The molecule has 0 aliphatic heterocycles. The van der Waals surface area contributed by atoms with Crippen molar-refractivity contribution < 1.29 is 14.7 Å². The van der Waals surface area contributed by atoms with E-state index in [1.165, 1.54) is 0 Å². The van der Waals surface area contributed by atoms with E-state index in [4.69, 9.17) is 15.7 Å². The first-order valence-electron chi connectivity index (χ1n) is 5.96. The van der Waals surface area contributed by atoms with Crippen LogP contribution in [-0.4, -0.2) is 23.4 Å². The SMILES string of the molecule is NC(=O)CCOc1cccc2c1CCCC2=NO. The number of rotatable bonds is 4. The zero-order chi connectivity index (χ0) is 13.0. The zero-order valence-corrected chi connectivity index (χ0v) is 10.1. The summed E-state index contributed by atoms with van der Waals surface area (Å²) in [7, 11) is 0. The highest BCUT2D eigenvalue weighted by atomic mass is 16.5. The molecule has 5 nitrogen and oxygen atoms in total. The minimum absolute atomic E-state index is 0.199. The van der Waals surface area contributed by atoms with E-state index in [1.54, 1.807) is 0 Å². The Labute approximate surface area is 105 Å². The van der Waals surface area contributed by atoms with Crippen molar-refractivity contribution in [1.29, 1.82) is 0 Å². The van der Waals surface area contributed by atoms with Crippen LogP contribution in [0.1, 0.15) is 30.4 Å². The average Bonchev–Trinajstić information content (AvgIpc) is 2.38. The van der Waals surface area contributed by atoms with Gasteiger partial charge in [-0.2, -0.15) is 0 Å². The summed E-state index contributed by atoms with van der Waals surface area (Å²) in [5.74, 6) is 0.368. The lowest BCUT2D eigenvalue weighted by molar-refractivity contribution is -0.118. The first kappa shape index (κ1) is 12.4. The van der Waals surface area contributed by atoms with Crippen LogP contribution in [0.25, 0.3) is 0 Å². The molecule has 2 rings (SSSR count). The van der Waals surface area contributed by atoms with Gasteiger partial charge in [0.05, 0.1) is 18.7 Å². The van der Waals surface area contributed by atoms with Crippen LogP contribution in [0.15, 0.2) is 23.4 Å². The van der Waals surface area contributed by atoms with E-state index in [2.05, 4.69) is 5.16 Å². The molecule has 1 amide bonds. The van der Waals surface area contributed by atoms with Crippen molar-refractivity contribution in [2.24, 2.45) is 10.9 Å². The summed E-state index contributed by atoms with van der Waals surface area (Å²) < 4.78 is 5.57. The topological polar surface area (TPSA) is 84.9 Å². The number of amides is 1. The van der Waals surface area contributed by atoms with Gasteiger partial charge in [-0.05, 0) is 25.3 Å². The number of carbonyl (C=O) groups excluding carboxylic acids is 1. The van der Waals surface area contributed by atoms with Gasteiger partial charge in [0, 0.05) is 11.1 Å². The number of oxime groups is 1. The van der Waals surface area contributed by atoms with E-state index in [1.807, 2.05) is 18.2 Å². The monoisotopic (exact) mass is 248 g/mol. The summed E-state index contributed by atoms with van der Waals surface area (Å²) in [5.41, 5.74) is 7.73. The maximum atomic E-state index is 10.7. The number of benzene rings is 1. The number of hydrogen-bond acceptors (Lipinski definition) is 4. The van der Waals surface area contributed by atoms with Gasteiger partial charge in [-0.3, -0.25) is 4.79 Å². The lowest BCUT2D eigenvalue weighted by atomic mass is 9.89. The van der Waals surface area contributed by atoms with Crippen molar-refractivity contribution in [2.75, 3.05) is 6.61 Å². The molecule has 0 heterocycles. The Balaban J connectivity index is 2.19. The maximum absolute atomic E-state index is 10.7. The molecule has 0 radical (unpaired) electrons. The van der Waals surface area contributed by atoms with Gasteiger partial charge < -0.3 is 15.7 Å². The van der Waals surface area contributed by atoms with Gasteiger partial charge in [0.2, 0.25) is 5.91 Å². The quantitative estimate of drug-likeness (QED) is 0.624. The molecule has 96 valence electrons. The number of carbonyl (C=O) groups is 1. The lowest BCUT2D eigenvalue weighted by Gasteiger charge is -2.20. The molecular formula is C13H16N2O3. The highest BCUT2D eigenvalue weighted by Crippen LogP contribution is 2.29. The van der Waals surface area contributed by atoms with Gasteiger partial charge in [0.25, 0.3) is 0 Å². The summed E-state index contributed by atoms with van der Waals surface area (Å²) >= 11 is 0. The first-order valence-corrected chi connectivity index (χ1v) is 5.96. The third-order valence-electron chi connectivity index (χ3n) is 3.01. The molecule has 1 aromatic carbocycles. The summed E-state index contributed by atoms with van der Waals surface area (Å²) in [6, 6.07) is 5.64. The second-order valence-electron chi connectivity index (χ2n) is 4.25. The van der Waals surface area contributed by atoms with Crippen LogP contribution in [0.4, 0.5) is 0 Å². The minimum atomic E-state index is -0.377. The number of nitrogens with zero attached hydrogens (tertiary/aromatic N) is 1. The number of hydrogen-bond donors (Lipinski definition) is 2. The van der Waals surface area contributed by atoms with Crippen molar-refractivity contribution in [3.05, 3.63) is 29.3 Å². The number of primary amides is 1. The Morgan fingerprint density at radius 1 is 1.44 bits per heavy atom. The van der Waals surface area contributed by atoms with Gasteiger partial charge in [-0.25, -0.2) is 0 Å². The fourth-order valence-electron chi connectivity index (χ4n) is 2.16. The van der Waals surface area contributed by atoms with Gasteiger partial charge in [-0.15, -0.1) is 0 Å². The van der Waals surface area contributed by atoms with Crippen LogP contribution in [0.3, 0.4) is 0 Å². The van der Waals surface area contributed by atoms with E-state index in [0.717, 1.165) is 36.1 Å². The van der Waals surface area contributed by atoms with E-state index in [-0.39, 0.29) is 18.9 Å². The van der Waals surface area contributed by atoms with Gasteiger partial charge in [0.15, 0.2) is 0 Å². The molecular weight excluding hydrogens is 232 g/mol. The van der Waals surface area contributed by atoms with E-state index in [0.29, 0.717) is 5.71 Å². The first-order chi connectivity index (χ1) is 8.72. The normalized spacial score (nSPS) is 16.3. The number of ether oxygens (including phenoxy) is 1. The minimum Gasteiger partial charge on any atom is -0.493 e. The average molecular weight is 248 g/mol. The smallest absolute Gasteiger partial charge is 0.220 e. The van der Waals surface area contributed by atoms with Gasteiger partial charge in [0.1, 0.15) is 5.75 Å². The van der Waals surface area contributed by atoms with E-state index < -0.39 is 0 Å². The molecule has 3 N–H and O–H groups in total. The van der Waals surface area contributed by atoms with Crippen LogP contribution in [0.2, 0.25) is 0 Å². The Morgan fingerprint density at radius 3 is 3.00 bits per heavy atom. The van der Waals surface area contributed by atoms with Crippen molar-refractivity contribution >= 4 is 11.6 Å². The number of fused-ring (bicyclic) bond motifs is 1. The molecule has 0 unspecified atom stereocenters. The van der Waals surface area contributed by atoms with Gasteiger partial charge >= 0.3 is 0 Å². The summed E-state index contributed by atoms with van der Waals surface area (Å²) in [5, 5.41) is 12.3. The fourth-order valence-corrected chi connectivity index (χ4v) is 2.16. The van der Waals surface area contributed by atoms with Crippen LogP contribution in [-0.2, 0) is 11.2 Å². The van der Waals surface area contributed by atoms with Crippen LogP contribution >= 0.6 is 0 Å². The maximum Gasteiger partial charge on any atom is 0.220 e. The summed E-state index contributed by atoms with van der Waals surface area (Å²) in [4.78, 5) is 10.7. The molecule has 0 aromatic heterocycles. The summed E-state index contributed by atoms with van der Waals surface area (Å²) in [6.07, 6.45) is 2.79. The predicted molar refractivity (Wildman–Crippen MR) is 67.0 cm³/mol. The van der Waals surface area contributed by atoms with E-state index in [9.17, 15) is 4.79 Å². The highest BCUT2D eigenvalue weighted by Gasteiger charge is 2.19. The molecule has 0 saturated heterocycles. The Bertz CT molecular complexity index is 483. The summed E-state index contributed by atoms with van der Waals surface area (Å²) in [6.45, 7) is 0.275. The van der Waals surface area contributed by atoms with Crippen LogP contribution in [0.5, 0.6) is 5.75 Å². The molecule has 1 aliphatic carbocycles. The zero-order valence-electron chi connectivity index (χ0n) is 10.1. The number of nitrogens with two attached hydrogens (primary N) is 1. The van der Waals surface area contributed by atoms with Crippen molar-refractivity contribution in [3.8, 4) is 5.75 Å². The second-order valence-corrected chi connectivity index (χ2v) is 4.25. The molecule has 0 saturated carbocycles. The van der Waals surface area contributed by atoms with Crippen molar-refractivity contribution in [2.45, 2.75) is 25.7 Å². The predicted octanol–water partition coefficient (Wildman–Crippen LogP) is 1.46. The van der Waals surface area contributed by atoms with Gasteiger partial charge in [-0.1, -0.05) is 17.3 Å². The Morgan fingerprint density at radius 2 is 2.28 bits per heavy atom.